The summed E-state index contributed by atoms with van der Waals surface area (Å²) in [5, 5.41) is 7.51. The summed E-state index contributed by atoms with van der Waals surface area (Å²) in [5.41, 5.74) is 0. The molecule has 0 aromatic carbocycles. The molecule has 1 aromatic rings. The van der Waals surface area contributed by atoms with Crippen LogP contribution in [0.15, 0.2) is 6.33 Å². The van der Waals surface area contributed by atoms with Crippen LogP contribution in [0.1, 0.15) is 12.7 Å². The highest BCUT2D eigenvalue weighted by Crippen LogP contribution is 2.03. The summed E-state index contributed by atoms with van der Waals surface area (Å²) < 4.78 is 1.84. The molecule has 5 heteroatoms. The Bertz CT molecular complexity index is 255. The van der Waals surface area contributed by atoms with Gasteiger partial charge < -0.3 is 5.32 Å². The average molecular weight is 214 g/mol. The van der Waals surface area contributed by atoms with Crippen molar-refractivity contribution >= 4 is 11.8 Å². The second-order valence-electron chi connectivity index (χ2n) is 3.21. The van der Waals surface area contributed by atoms with Gasteiger partial charge in [-0.1, -0.05) is 6.92 Å². The SMILES string of the molecule is CCNC(CSC)Cc1ncnn1C. The highest BCUT2D eigenvalue weighted by atomic mass is 32.2. The van der Waals surface area contributed by atoms with Crippen LogP contribution in [0.5, 0.6) is 0 Å². The van der Waals surface area contributed by atoms with E-state index >= 15 is 0 Å². The molecule has 0 saturated carbocycles. The van der Waals surface area contributed by atoms with Gasteiger partial charge in [-0.15, -0.1) is 0 Å². The number of nitrogens with one attached hydrogen (secondary N) is 1. The predicted octanol–water partition coefficient (Wildman–Crippen LogP) is 0.699. The van der Waals surface area contributed by atoms with E-state index in [0.29, 0.717) is 6.04 Å². The quantitative estimate of drug-likeness (QED) is 0.757. The first-order valence-corrected chi connectivity index (χ1v) is 6.22. The lowest BCUT2D eigenvalue weighted by Crippen LogP contribution is -2.34. The number of hydrogen-bond acceptors (Lipinski definition) is 4. The molecule has 0 saturated heterocycles. The summed E-state index contributed by atoms with van der Waals surface area (Å²) in [6.45, 7) is 3.13. The summed E-state index contributed by atoms with van der Waals surface area (Å²) in [5.74, 6) is 2.16. The maximum Gasteiger partial charge on any atom is 0.138 e. The van der Waals surface area contributed by atoms with Crippen LogP contribution >= 0.6 is 11.8 Å². The molecule has 0 fully saturated rings. The topological polar surface area (TPSA) is 42.7 Å². The van der Waals surface area contributed by atoms with Gasteiger partial charge in [0.25, 0.3) is 0 Å². The number of aromatic nitrogens is 3. The molecule has 0 amide bonds. The molecule has 80 valence electrons. The minimum absolute atomic E-state index is 0.498. The van der Waals surface area contributed by atoms with Crippen LogP contribution < -0.4 is 5.32 Å². The second kappa shape index (κ2) is 6.03. The van der Waals surface area contributed by atoms with E-state index in [1.54, 1.807) is 6.33 Å². The van der Waals surface area contributed by atoms with Gasteiger partial charge in [-0.05, 0) is 12.8 Å². The highest BCUT2D eigenvalue weighted by molar-refractivity contribution is 7.98. The Labute approximate surface area is 89.5 Å². The molecule has 1 unspecified atom stereocenters. The molecule has 4 nitrogen and oxygen atoms in total. The van der Waals surface area contributed by atoms with Gasteiger partial charge in [-0.25, -0.2) is 4.98 Å². The summed E-state index contributed by atoms with van der Waals surface area (Å²) in [6.07, 6.45) is 4.68. The van der Waals surface area contributed by atoms with Gasteiger partial charge in [0.05, 0.1) is 0 Å². The van der Waals surface area contributed by atoms with E-state index in [1.807, 2.05) is 23.5 Å². The molecule has 0 radical (unpaired) electrons. The molecule has 1 atom stereocenters. The molecule has 1 N–H and O–H groups in total. The van der Waals surface area contributed by atoms with Crippen molar-refractivity contribution in [1.29, 1.82) is 0 Å². The molecule has 14 heavy (non-hydrogen) atoms. The highest BCUT2D eigenvalue weighted by Gasteiger charge is 2.10. The Balaban J connectivity index is 2.50. The lowest BCUT2D eigenvalue weighted by Gasteiger charge is -2.15. The molecule has 0 aliphatic rings. The Morgan fingerprint density at radius 2 is 2.43 bits per heavy atom. The van der Waals surface area contributed by atoms with Crippen molar-refractivity contribution in [2.45, 2.75) is 19.4 Å². The number of rotatable bonds is 6. The minimum atomic E-state index is 0.498. The molecule has 1 rings (SSSR count). The van der Waals surface area contributed by atoms with Crippen LogP contribution in [0, 0.1) is 0 Å². The Morgan fingerprint density at radius 3 is 2.93 bits per heavy atom. The molecular weight excluding hydrogens is 196 g/mol. The van der Waals surface area contributed by atoms with E-state index in [9.17, 15) is 0 Å². The van der Waals surface area contributed by atoms with Crippen molar-refractivity contribution in [2.75, 3.05) is 18.6 Å². The van der Waals surface area contributed by atoms with Gasteiger partial charge >= 0.3 is 0 Å². The van der Waals surface area contributed by atoms with E-state index in [0.717, 1.165) is 24.5 Å². The zero-order valence-corrected chi connectivity index (χ0v) is 9.84. The zero-order chi connectivity index (χ0) is 10.4. The van der Waals surface area contributed by atoms with Crippen LogP contribution in [0.3, 0.4) is 0 Å². The van der Waals surface area contributed by atoms with Gasteiger partial charge in [0.1, 0.15) is 12.2 Å². The summed E-state index contributed by atoms with van der Waals surface area (Å²) in [6, 6.07) is 0.498. The largest absolute Gasteiger partial charge is 0.313 e. The molecule has 1 aromatic heterocycles. The first-order chi connectivity index (χ1) is 6.77. The summed E-state index contributed by atoms with van der Waals surface area (Å²) in [4.78, 5) is 4.22. The molecule has 0 aliphatic heterocycles. The smallest absolute Gasteiger partial charge is 0.138 e. The van der Waals surface area contributed by atoms with E-state index < -0.39 is 0 Å². The lowest BCUT2D eigenvalue weighted by molar-refractivity contribution is 0.542. The first kappa shape index (κ1) is 11.5. The van der Waals surface area contributed by atoms with Gasteiger partial charge in [-0.3, -0.25) is 4.68 Å². The van der Waals surface area contributed by atoms with Crippen LogP contribution in [-0.4, -0.2) is 39.4 Å². The Hall–Kier alpha value is -0.550. The minimum Gasteiger partial charge on any atom is -0.313 e. The third kappa shape index (κ3) is 3.31. The standard InChI is InChI=1S/C9H18N4S/c1-4-10-8(6-14-3)5-9-11-7-12-13(9)2/h7-8,10H,4-6H2,1-3H3. The number of likely N-dealkylation sites (N-methyl/N-ethyl adjacent to an activating group) is 1. The fourth-order valence-corrected chi connectivity index (χ4v) is 2.04. The molecule has 1 heterocycles. The maximum atomic E-state index is 4.22. The summed E-state index contributed by atoms with van der Waals surface area (Å²) in [7, 11) is 1.93. The average Bonchev–Trinajstić information content (AvgIpc) is 2.53. The predicted molar refractivity (Wildman–Crippen MR) is 60.6 cm³/mol. The fraction of sp³-hybridized carbons (Fsp3) is 0.778. The number of aryl methyl sites for hydroxylation is 1. The van der Waals surface area contributed by atoms with E-state index in [4.69, 9.17) is 0 Å². The Kier molecular flexibility index (Phi) is 4.97. The Morgan fingerprint density at radius 1 is 1.64 bits per heavy atom. The van der Waals surface area contributed by atoms with Crippen molar-refractivity contribution in [1.82, 2.24) is 20.1 Å². The third-order valence-electron chi connectivity index (χ3n) is 2.09. The van der Waals surface area contributed by atoms with Gasteiger partial charge in [0, 0.05) is 25.3 Å². The van der Waals surface area contributed by atoms with Crippen molar-refractivity contribution in [3.8, 4) is 0 Å². The second-order valence-corrected chi connectivity index (χ2v) is 4.12. The van der Waals surface area contributed by atoms with Crippen LogP contribution in [0.2, 0.25) is 0 Å². The molecule has 0 spiro atoms. The van der Waals surface area contributed by atoms with Gasteiger partial charge in [-0.2, -0.15) is 16.9 Å². The number of thioether (sulfide) groups is 1. The van der Waals surface area contributed by atoms with Crippen molar-refractivity contribution in [3.05, 3.63) is 12.2 Å². The van der Waals surface area contributed by atoms with Crippen molar-refractivity contribution < 1.29 is 0 Å². The van der Waals surface area contributed by atoms with E-state index in [-0.39, 0.29) is 0 Å². The first-order valence-electron chi connectivity index (χ1n) is 4.83. The monoisotopic (exact) mass is 214 g/mol. The molecule has 0 aliphatic carbocycles. The van der Waals surface area contributed by atoms with Gasteiger partial charge in [0.15, 0.2) is 0 Å². The van der Waals surface area contributed by atoms with Crippen molar-refractivity contribution in [3.63, 3.8) is 0 Å². The van der Waals surface area contributed by atoms with E-state index in [2.05, 4.69) is 28.6 Å². The maximum absolute atomic E-state index is 4.22. The summed E-state index contributed by atoms with van der Waals surface area (Å²) >= 11 is 1.86. The lowest BCUT2D eigenvalue weighted by atomic mass is 10.2. The van der Waals surface area contributed by atoms with Gasteiger partial charge in [0.2, 0.25) is 0 Å². The van der Waals surface area contributed by atoms with Crippen molar-refractivity contribution in [2.24, 2.45) is 7.05 Å². The number of nitrogens with zero attached hydrogens (tertiary/aromatic N) is 3. The van der Waals surface area contributed by atoms with Crippen LogP contribution in [0.25, 0.3) is 0 Å². The fourth-order valence-electron chi connectivity index (χ4n) is 1.41. The molecular formula is C9H18N4S. The van der Waals surface area contributed by atoms with Crippen LogP contribution in [-0.2, 0) is 13.5 Å². The molecule has 0 bridgehead atoms. The number of hydrogen-bond donors (Lipinski definition) is 1. The normalized spacial score (nSPS) is 13.1. The zero-order valence-electron chi connectivity index (χ0n) is 9.03. The third-order valence-corrected chi connectivity index (χ3v) is 2.83. The van der Waals surface area contributed by atoms with Crippen LogP contribution in [0.4, 0.5) is 0 Å². The van der Waals surface area contributed by atoms with E-state index in [1.165, 1.54) is 0 Å².